The molecule has 10 nitrogen and oxygen atoms in total. The standard InChI is InChI=1S/C27H27F2N7O3/c1-16(25(37)34-23-12-31-24(13-30-23)39-22-7-5-18(28)11-19(22)29)35-8-9-36(27(2,3)14-35)26(38)17-4-6-20-21(10-17)33-15-32-20/h4-7,10-13,15-16H,8-9,14H2,1-3H3,(H,32,33)(H,30,34,37)/t16-/m0/s1. The van der Waals surface area contributed by atoms with E-state index in [1.54, 1.807) is 25.4 Å². The summed E-state index contributed by atoms with van der Waals surface area (Å²) in [5.41, 5.74) is 1.64. The van der Waals surface area contributed by atoms with Gasteiger partial charge in [-0.25, -0.2) is 23.7 Å². The lowest BCUT2D eigenvalue weighted by Gasteiger charge is -2.48. The molecule has 1 fully saturated rings. The molecular weight excluding hydrogens is 508 g/mol. The fraction of sp³-hybridized carbons (Fsp3) is 0.296. The van der Waals surface area contributed by atoms with E-state index >= 15 is 0 Å². The van der Waals surface area contributed by atoms with Crippen LogP contribution in [0.25, 0.3) is 11.0 Å². The third-order valence-corrected chi connectivity index (χ3v) is 6.76. The Hall–Kier alpha value is -4.45. The highest BCUT2D eigenvalue weighted by Crippen LogP contribution is 2.26. The highest BCUT2D eigenvalue weighted by atomic mass is 19.1. The highest BCUT2D eigenvalue weighted by molar-refractivity contribution is 5.98. The quantitative estimate of drug-likeness (QED) is 0.384. The van der Waals surface area contributed by atoms with E-state index in [1.807, 2.05) is 29.7 Å². The lowest BCUT2D eigenvalue weighted by atomic mass is 9.96. The van der Waals surface area contributed by atoms with E-state index in [0.717, 1.165) is 23.2 Å². The van der Waals surface area contributed by atoms with Crippen LogP contribution in [0.5, 0.6) is 11.6 Å². The minimum Gasteiger partial charge on any atom is -0.434 e. The van der Waals surface area contributed by atoms with E-state index in [2.05, 4.69) is 25.3 Å². The molecule has 1 saturated heterocycles. The second-order valence-corrected chi connectivity index (χ2v) is 9.96. The Labute approximate surface area is 223 Å². The van der Waals surface area contributed by atoms with Gasteiger partial charge < -0.3 is 19.9 Å². The molecule has 0 spiro atoms. The molecule has 5 rings (SSSR count). The van der Waals surface area contributed by atoms with Crippen LogP contribution in [0, 0.1) is 11.6 Å². The predicted molar refractivity (Wildman–Crippen MR) is 139 cm³/mol. The van der Waals surface area contributed by atoms with Crippen molar-refractivity contribution in [2.45, 2.75) is 32.4 Å². The maximum Gasteiger partial charge on any atom is 0.254 e. The molecule has 0 aliphatic carbocycles. The molecule has 0 bridgehead atoms. The number of imidazole rings is 1. The van der Waals surface area contributed by atoms with Crippen molar-refractivity contribution < 1.29 is 23.1 Å². The fourth-order valence-corrected chi connectivity index (χ4v) is 4.62. The summed E-state index contributed by atoms with van der Waals surface area (Å²) in [6.45, 7) is 7.20. The third-order valence-electron chi connectivity index (χ3n) is 6.76. The van der Waals surface area contributed by atoms with Gasteiger partial charge in [0.1, 0.15) is 5.82 Å². The summed E-state index contributed by atoms with van der Waals surface area (Å²) in [6, 6.07) is 7.81. The van der Waals surface area contributed by atoms with Crippen molar-refractivity contribution in [1.82, 2.24) is 29.7 Å². The van der Waals surface area contributed by atoms with Gasteiger partial charge in [-0.1, -0.05) is 0 Å². The number of rotatable bonds is 6. The number of aromatic nitrogens is 4. The van der Waals surface area contributed by atoms with Gasteiger partial charge in [-0.3, -0.25) is 14.5 Å². The maximum absolute atomic E-state index is 13.8. The van der Waals surface area contributed by atoms with Gasteiger partial charge in [0, 0.05) is 31.3 Å². The summed E-state index contributed by atoms with van der Waals surface area (Å²) in [5, 5.41) is 2.73. The highest BCUT2D eigenvalue weighted by Gasteiger charge is 2.39. The van der Waals surface area contributed by atoms with Crippen molar-refractivity contribution in [3.63, 3.8) is 0 Å². The summed E-state index contributed by atoms with van der Waals surface area (Å²) < 4.78 is 32.2. The van der Waals surface area contributed by atoms with E-state index in [1.165, 1.54) is 12.4 Å². The number of nitrogens with one attached hydrogen (secondary N) is 2. The first-order valence-electron chi connectivity index (χ1n) is 12.4. The minimum absolute atomic E-state index is 0.0132. The summed E-state index contributed by atoms with van der Waals surface area (Å²) in [6.07, 6.45) is 4.12. The van der Waals surface area contributed by atoms with Crippen LogP contribution in [0.4, 0.5) is 14.6 Å². The number of nitrogens with zero attached hydrogens (tertiary/aromatic N) is 5. The lowest BCUT2D eigenvalue weighted by Crippen LogP contribution is -2.63. The van der Waals surface area contributed by atoms with E-state index in [4.69, 9.17) is 4.74 Å². The number of benzene rings is 2. The van der Waals surface area contributed by atoms with Crippen LogP contribution in [0.15, 0.2) is 55.1 Å². The van der Waals surface area contributed by atoms with Crippen LogP contribution in [0.1, 0.15) is 31.1 Å². The smallest absolute Gasteiger partial charge is 0.254 e. The molecule has 0 unspecified atom stereocenters. The van der Waals surface area contributed by atoms with Crippen molar-refractivity contribution in [2.75, 3.05) is 25.0 Å². The molecule has 1 atom stereocenters. The van der Waals surface area contributed by atoms with Crippen molar-refractivity contribution in [1.29, 1.82) is 0 Å². The monoisotopic (exact) mass is 535 g/mol. The van der Waals surface area contributed by atoms with Crippen molar-refractivity contribution in [3.8, 4) is 11.6 Å². The molecule has 0 radical (unpaired) electrons. The second kappa shape index (κ2) is 10.4. The predicted octanol–water partition coefficient (Wildman–Crippen LogP) is 3.99. The van der Waals surface area contributed by atoms with Crippen LogP contribution >= 0.6 is 0 Å². The zero-order valence-electron chi connectivity index (χ0n) is 21.6. The Bertz CT molecular complexity index is 1520. The number of halogens is 2. The molecule has 2 aromatic heterocycles. The molecule has 39 heavy (non-hydrogen) atoms. The van der Waals surface area contributed by atoms with Gasteiger partial charge in [-0.05, 0) is 51.1 Å². The first kappa shape index (κ1) is 26.2. The molecule has 2 N–H and O–H groups in total. The van der Waals surface area contributed by atoms with Crippen molar-refractivity contribution in [3.05, 3.63) is 72.3 Å². The number of hydrogen-bond acceptors (Lipinski definition) is 7. The summed E-state index contributed by atoms with van der Waals surface area (Å²) in [5.74, 6) is -1.97. The van der Waals surface area contributed by atoms with E-state index < -0.39 is 23.2 Å². The van der Waals surface area contributed by atoms with Crippen LogP contribution in [0.3, 0.4) is 0 Å². The average molecular weight is 536 g/mol. The van der Waals surface area contributed by atoms with Crippen molar-refractivity contribution >= 4 is 28.7 Å². The molecule has 1 aliphatic heterocycles. The Morgan fingerprint density at radius 3 is 2.62 bits per heavy atom. The number of piperazine rings is 1. The zero-order valence-corrected chi connectivity index (χ0v) is 21.6. The van der Waals surface area contributed by atoms with Crippen LogP contribution in [-0.2, 0) is 4.79 Å². The number of anilines is 1. The Balaban J connectivity index is 1.19. The molecule has 202 valence electrons. The summed E-state index contributed by atoms with van der Waals surface area (Å²) in [4.78, 5) is 45.5. The molecule has 12 heteroatoms. The zero-order chi connectivity index (χ0) is 27.7. The first-order valence-corrected chi connectivity index (χ1v) is 12.4. The summed E-state index contributed by atoms with van der Waals surface area (Å²) >= 11 is 0. The Kier molecular flexibility index (Phi) is 6.96. The van der Waals surface area contributed by atoms with Crippen LogP contribution in [-0.4, -0.2) is 72.8 Å². The number of fused-ring (bicyclic) bond motifs is 1. The van der Waals surface area contributed by atoms with E-state index in [0.29, 0.717) is 31.3 Å². The molecule has 3 heterocycles. The van der Waals surface area contributed by atoms with Gasteiger partial charge in [-0.15, -0.1) is 0 Å². The molecule has 2 amide bonds. The molecule has 1 aliphatic rings. The largest absolute Gasteiger partial charge is 0.434 e. The summed E-state index contributed by atoms with van der Waals surface area (Å²) in [7, 11) is 0. The molecular formula is C27H27F2N7O3. The van der Waals surface area contributed by atoms with Gasteiger partial charge in [-0.2, -0.15) is 0 Å². The lowest BCUT2D eigenvalue weighted by molar-refractivity contribution is -0.122. The van der Waals surface area contributed by atoms with E-state index in [9.17, 15) is 18.4 Å². The van der Waals surface area contributed by atoms with Crippen molar-refractivity contribution in [2.24, 2.45) is 0 Å². The van der Waals surface area contributed by atoms with Crippen LogP contribution in [0.2, 0.25) is 0 Å². The number of amides is 2. The topological polar surface area (TPSA) is 116 Å². The molecule has 2 aromatic carbocycles. The van der Waals surface area contributed by atoms with Gasteiger partial charge in [0.05, 0.1) is 41.3 Å². The molecule has 4 aromatic rings. The number of carbonyl (C=O) groups is 2. The maximum atomic E-state index is 13.8. The number of aromatic amines is 1. The first-order chi connectivity index (χ1) is 18.6. The van der Waals surface area contributed by atoms with Gasteiger partial charge in [0.25, 0.3) is 5.91 Å². The number of H-pyrrole nitrogens is 1. The molecule has 0 saturated carbocycles. The fourth-order valence-electron chi connectivity index (χ4n) is 4.62. The second-order valence-electron chi connectivity index (χ2n) is 9.96. The normalized spacial score (nSPS) is 16.2. The average Bonchev–Trinajstić information content (AvgIpc) is 3.38. The SMILES string of the molecule is C[C@@H](C(=O)Nc1cnc(Oc2ccc(F)cc2F)cn1)N1CCN(C(=O)c2ccc3nc[nH]c3c2)C(C)(C)C1. The Morgan fingerprint density at radius 2 is 1.90 bits per heavy atom. The minimum atomic E-state index is -0.869. The number of hydrogen-bond donors (Lipinski definition) is 2. The van der Waals surface area contributed by atoms with Gasteiger partial charge in [0.15, 0.2) is 17.4 Å². The third kappa shape index (κ3) is 5.55. The van der Waals surface area contributed by atoms with E-state index in [-0.39, 0.29) is 29.3 Å². The van der Waals surface area contributed by atoms with Gasteiger partial charge in [0.2, 0.25) is 11.8 Å². The number of carbonyl (C=O) groups excluding carboxylic acids is 2. The number of ether oxygens (including phenoxy) is 1. The Morgan fingerprint density at radius 1 is 1.08 bits per heavy atom. The van der Waals surface area contributed by atoms with Crippen LogP contribution < -0.4 is 10.1 Å². The van der Waals surface area contributed by atoms with Gasteiger partial charge >= 0.3 is 0 Å².